The zero-order valence-corrected chi connectivity index (χ0v) is 15.8. The predicted octanol–water partition coefficient (Wildman–Crippen LogP) is 2.62. The quantitative estimate of drug-likeness (QED) is 0.555. The number of carbonyl (C=O) groups is 1. The molecule has 1 aromatic carbocycles. The van der Waals surface area contributed by atoms with E-state index in [0.717, 1.165) is 25.7 Å². The maximum absolute atomic E-state index is 12.3. The number of H-pyrrole nitrogens is 1. The fraction of sp³-hybridized carbons (Fsp3) is 0.474. The number of aromatic nitrogens is 1. The third-order valence-electron chi connectivity index (χ3n) is 5.70. The van der Waals surface area contributed by atoms with Crippen LogP contribution in [0.15, 0.2) is 29.1 Å². The summed E-state index contributed by atoms with van der Waals surface area (Å²) in [5.41, 5.74) is -0.345. The molecule has 144 valence electrons. The van der Waals surface area contributed by atoms with Crippen molar-refractivity contribution in [2.24, 2.45) is 5.41 Å². The summed E-state index contributed by atoms with van der Waals surface area (Å²) < 4.78 is 31.8. The molecule has 7 nitrogen and oxygen atoms in total. The molecule has 2 saturated carbocycles. The van der Waals surface area contributed by atoms with Crippen LogP contribution in [0.2, 0.25) is 0 Å². The first-order chi connectivity index (χ1) is 12.9. The van der Waals surface area contributed by atoms with E-state index in [1.807, 2.05) is 0 Å². The second kappa shape index (κ2) is 6.45. The number of benzene rings is 1. The van der Waals surface area contributed by atoms with Gasteiger partial charge >= 0.3 is 5.97 Å². The molecular weight excluding hydrogens is 370 g/mol. The fourth-order valence-electron chi connectivity index (χ4n) is 3.79. The lowest BCUT2D eigenvalue weighted by atomic mass is 10.0. The molecule has 2 fully saturated rings. The molecule has 0 spiro atoms. The normalized spacial score (nSPS) is 20.1. The third kappa shape index (κ3) is 2.96. The number of hydrogen-bond donors (Lipinski definition) is 2. The zero-order valence-electron chi connectivity index (χ0n) is 14.9. The van der Waals surface area contributed by atoms with Gasteiger partial charge in [-0.3, -0.25) is 4.79 Å². The Morgan fingerprint density at radius 1 is 1.30 bits per heavy atom. The van der Waals surface area contributed by atoms with E-state index in [1.54, 1.807) is 25.1 Å². The van der Waals surface area contributed by atoms with E-state index >= 15 is 0 Å². The lowest BCUT2D eigenvalue weighted by Gasteiger charge is -2.24. The Labute approximate surface area is 158 Å². The van der Waals surface area contributed by atoms with Crippen LogP contribution in [-0.2, 0) is 15.8 Å². The van der Waals surface area contributed by atoms with Crippen LogP contribution in [0.5, 0.6) is 5.75 Å². The average Bonchev–Trinajstić information content (AvgIpc) is 3.53. The van der Waals surface area contributed by atoms with Gasteiger partial charge in [0, 0.05) is 10.8 Å². The molecule has 0 bridgehead atoms. The van der Waals surface area contributed by atoms with Crippen molar-refractivity contribution in [3.63, 3.8) is 0 Å². The summed E-state index contributed by atoms with van der Waals surface area (Å²) >= 11 is -1.86. The van der Waals surface area contributed by atoms with Crippen LogP contribution in [-0.4, -0.2) is 37.7 Å². The fourth-order valence-corrected chi connectivity index (χ4v) is 4.87. The molecule has 1 aromatic heterocycles. The van der Waals surface area contributed by atoms with Crippen molar-refractivity contribution >= 4 is 28.0 Å². The summed E-state index contributed by atoms with van der Waals surface area (Å²) in [6.07, 6.45) is 3.23. The van der Waals surface area contributed by atoms with Crippen molar-refractivity contribution < 1.29 is 23.0 Å². The van der Waals surface area contributed by atoms with Crippen molar-refractivity contribution in [3.05, 3.63) is 40.2 Å². The summed E-state index contributed by atoms with van der Waals surface area (Å²) in [4.78, 5) is 26.9. The van der Waals surface area contributed by atoms with E-state index in [2.05, 4.69) is 4.98 Å². The molecule has 1 unspecified atom stereocenters. The molecule has 0 aliphatic heterocycles. The van der Waals surface area contributed by atoms with Gasteiger partial charge in [0.15, 0.2) is 11.1 Å². The van der Waals surface area contributed by atoms with E-state index in [4.69, 9.17) is 9.47 Å². The van der Waals surface area contributed by atoms with Gasteiger partial charge in [-0.05, 0) is 44.7 Å². The number of esters is 1. The van der Waals surface area contributed by atoms with Gasteiger partial charge in [-0.2, -0.15) is 0 Å². The van der Waals surface area contributed by atoms with E-state index in [-0.39, 0.29) is 17.6 Å². The van der Waals surface area contributed by atoms with Gasteiger partial charge < -0.3 is 19.0 Å². The SMILES string of the molecule is CCOC(=O)c1cc2cccc(OCC3(C4(S(=O)O)CC4)CC3)c2[nH]c1=O. The smallest absolute Gasteiger partial charge is 0.343 e. The average molecular weight is 391 g/mol. The second-order valence-corrected chi connectivity index (χ2v) is 8.55. The Balaban J connectivity index is 1.62. The maximum Gasteiger partial charge on any atom is 0.343 e. The Morgan fingerprint density at radius 2 is 2.04 bits per heavy atom. The summed E-state index contributed by atoms with van der Waals surface area (Å²) in [7, 11) is 0. The van der Waals surface area contributed by atoms with Crippen LogP contribution >= 0.6 is 0 Å². The molecule has 1 heterocycles. The Hall–Kier alpha value is -2.19. The predicted molar refractivity (Wildman–Crippen MR) is 100 cm³/mol. The summed E-state index contributed by atoms with van der Waals surface area (Å²) in [6.45, 7) is 2.20. The number of ether oxygens (including phenoxy) is 2. The summed E-state index contributed by atoms with van der Waals surface area (Å²) in [5.74, 6) is -0.171. The molecule has 27 heavy (non-hydrogen) atoms. The van der Waals surface area contributed by atoms with Crippen molar-refractivity contribution in [3.8, 4) is 5.75 Å². The lowest BCUT2D eigenvalue weighted by molar-refractivity contribution is 0.0524. The number of carbonyl (C=O) groups excluding carboxylic acids is 1. The van der Waals surface area contributed by atoms with Crippen LogP contribution in [0.3, 0.4) is 0 Å². The number of aromatic amines is 1. The van der Waals surface area contributed by atoms with Crippen molar-refractivity contribution in [1.29, 1.82) is 0 Å². The number of hydrogen-bond acceptors (Lipinski definition) is 5. The number of para-hydroxylation sites is 1. The van der Waals surface area contributed by atoms with Crippen molar-refractivity contribution in [1.82, 2.24) is 4.98 Å². The maximum atomic E-state index is 12.3. The van der Waals surface area contributed by atoms with Crippen LogP contribution in [0.4, 0.5) is 0 Å². The highest BCUT2D eigenvalue weighted by Crippen LogP contribution is 2.66. The van der Waals surface area contributed by atoms with E-state index < -0.39 is 27.4 Å². The topological polar surface area (TPSA) is 106 Å². The first-order valence-corrected chi connectivity index (χ1v) is 10.1. The lowest BCUT2D eigenvalue weighted by Crippen LogP contribution is -2.34. The number of rotatable bonds is 7. The van der Waals surface area contributed by atoms with Gasteiger partial charge in [0.25, 0.3) is 5.56 Å². The van der Waals surface area contributed by atoms with Gasteiger partial charge in [-0.1, -0.05) is 12.1 Å². The first-order valence-electron chi connectivity index (χ1n) is 8.99. The van der Waals surface area contributed by atoms with Crippen molar-refractivity contribution in [2.45, 2.75) is 37.4 Å². The molecule has 8 heteroatoms. The summed E-state index contributed by atoms with van der Waals surface area (Å²) in [6, 6.07) is 6.80. The van der Waals surface area contributed by atoms with Crippen molar-refractivity contribution in [2.75, 3.05) is 13.2 Å². The summed E-state index contributed by atoms with van der Waals surface area (Å²) in [5, 5.41) is 0.659. The Kier molecular flexibility index (Phi) is 4.35. The first kappa shape index (κ1) is 18.2. The standard InChI is InChI=1S/C19H21NO6S/c1-2-25-17(22)13-10-12-4-3-5-14(15(12)20-16(13)21)26-11-18(6-7-18)19(8-9-19)27(23)24/h3-5,10H,2,6-9,11H2,1H3,(H,20,21)(H,23,24). The number of fused-ring (bicyclic) bond motifs is 1. The van der Waals surface area contributed by atoms with E-state index in [9.17, 15) is 18.4 Å². The molecular formula is C19H21NO6S. The molecule has 2 N–H and O–H groups in total. The largest absolute Gasteiger partial charge is 0.491 e. The van der Waals surface area contributed by atoms with E-state index in [1.165, 1.54) is 6.07 Å². The third-order valence-corrected chi connectivity index (χ3v) is 7.21. The minimum atomic E-state index is -1.86. The van der Waals surface area contributed by atoms with E-state index in [0.29, 0.717) is 23.3 Å². The molecule has 1 atom stereocenters. The molecule has 4 rings (SSSR count). The molecule has 2 aliphatic rings. The Bertz CT molecular complexity index is 989. The molecule has 0 amide bonds. The minimum absolute atomic E-state index is 0.0484. The van der Waals surface area contributed by atoms with Crippen LogP contribution in [0.1, 0.15) is 43.0 Å². The van der Waals surface area contributed by atoms with Gasteiger partial charge in [0.05, 0.1) is 23.5 Å². The Morgan fingerprint density at radius 3 is 2.63 bits per heavy atom. The zero-order chi connectivity index (χ0) is 19.2. The van der Waals surface area contributed by atoms with Crippen LogP contribution < -0.4 is 10.3 Å². The highest BCUT2D eigenvalue weighted by molar-refractivity contribution is 7.81. The van der Waals surface area contributed by atoms with Gasteiger partial charge in [-0.15, -0.1) is 0 Å². The van der Waals surface area contributed by atoms with Crippen LogP contribution in [0, 0.1) is 5.41 Å². The van der Waals surface area contributed by atoms with Gasteiger partial charge in [0.2, 0.25) is 0 Å². The minimum Gasteiger partial charge on any atom is -0.491 e. The molecule has 0 saturated heterocycles. The second-order valence-electron chi connectivity index (χ2n) is 7.27. The monoisotopic (exact) mass is 391 g/mol. The highest BCUT2D eigenvalue weighted by Gasteiger charge is 2.69. The van der Waals surface area contributed by atoms with Gasteiger partial charge in [0.1, 0.15) is 11.3 Å². The number of nitrogens with one attached hydrogen (secondary N) is 1. The van der Waals surface area contributed by atoms with Crippen LogP contribution in [0.25, 0.3) is 10.9 Å². The molecule has 2 aliphatic carbocycles. The molecule has 0 radical (unpaired) electrons. The highest BCUT2D eigenvalue weighted by atomic mass is 32.2. The number of pyridine rings is 1. The molecule has 2 aromatic rings. The van der Waals surface area contributed by atoms with Gasteiger partial charge in [-0.25, -0.2) is 9.00 Å².